The number of nitro groups is 1. The van der Waals surface area contributed by atoms with Crippen molar-refractivity contribution in [1.29, 1.82) is 0 Å². The van der Waals surface area contributed by atoms with E-state index in [2.05, 4.69) is 0 Å². The van der Waals surface area contributed by atoms with Gasteiger partial charge in [-0.25, -0.2) is 8.78 Å². The minimum absolute atomic E-state index is 0.105. The maximum absolute atomic E-state index is 13.8. The van der Waals surface area contributed by atoms with E-state index in [0.717, 1.165) is 24.3 Å². The van der Waals surface area contributed by atoms with Gasteiger partial charge in [0, 0.05) is 17.7 Å². The molecule has 0 aliphatic rings. The Morgan fingerprint density at radius 3 is 2.62 bits per heavy atom. The second kappa shape index (κ2) is 5.84. The van der Waals surface area contributed by atoms with Gasteiger partial charge in [0.1, 0.15) is 5.82 Å². The van der Waals surface area contributed by atoms with Gasteiger partial charge in [-0.3, -0.25) is 10.1 Å². The number of halogens is 2. The number of aliphatic hydroxyl groups is 1. The van der Waals surface area contributed by atoms with Gasteiger partial charge < -0.3 is 9.84 Å². The number of ether oxygens (including phenoxy) is 1. The lowest BCUT2D eigenvalue weighted by atomic mass is 10.1. The lowest BCUT2D eigenvalue weighted by Gasteiger charge is -2.13. The van der Waals surface area contributed by atoms with Gasteiger partial charge in [0.15, 0.2) is 11.6 Å². The third-order valence-electron chi connectivity index (χ3n) is 2.78. The van der Waals surface area contributed by atoms with Crippen molar-refractivity contribution >= 4 is 5.69 Å². The number of nitro benzene ring substituents is 1. The molecular formula is C14H11F2NO4. The molecule has 0 saturated heterocycles. The number of hydrogen-bond donors (Lipinski definition) is 1. The fourth-order valence-electron chi connectivity index (χ4n) is 1.79. The van der Waals surface area contributed by atoms with Crippen LogP contribution in [0.4, 0.5) is 14.5 Å². The summed E-state index contributed by atoms with van der Waals surface area (Å²) in [7, 11) is 0. The first-order chi connectivity index (χ1) is 9.90. The summed E-state index contributed by atoms with van der Waals surface area (Å²) in [5.41, 5.74) is -0.398. The van der Waals surface area contributed by atoms with E-state index in [9.17, 15) is 24.0 Å². The van der Waals surface area contributed by atoms with Gasteiger partial charge in [0.05, 0.1) is 11.0 Å². The van der Waals surface area contributed by atoms with Crippen LogP contribution in [-0.2, 0) is 0 Å². The number of nitrogens with zero attached hydrogens (tertiary/aromatic N) is 1. The van der Waals surface area contributed by atoms with Crippen LogP contribution in [0.1, 0.15) is 18.6 Å². The quantitative estimate of drug-likeness (QED) is 0.689. The van der Waals surface area contributed by atoms with Crippen LogP contribution in [0.5, 0.6) is 11.5 Å². The summed E-state index contributed by atoms with van der Waals surface area (Å²) in [4.78, 5) is 10.1. The summed E-state index contributed by atoms with van der Waals surface area (Å²) < 4.78 is 32.2. The van der Waals surface area contributed by atoms with Gasteiger partial charge in [0.2, 0.25) is 5.75 Å². The van der Waals surface area contributed by atoms with Crippen LogP contribution in [0.3, 0.4) is 0 Å². The molecule has 2 rings (SSSR count). The lowest BCUT2D eigenvalue weighted by Crippen LogP contribution is -2.01. The molecule has 21 heavy (non-hydrogen) atoms. The summed E-state index contributed by atoms with van der Waals surface area (Å²) in [6.07, 6.45) is -1.05. The number of aliphatic hydroxyl groups excluding tert-OH is 1. The van der Waals surface area contributed by atoms with Crippen molar-refractivity contribution in [3.63, 3.8) is 0 Å². The summed E-state index contributed by atoms with van der Waals surface area (Å²) in [6.45, 7) is 1.39. The molecule has 0 fully saturated rings. The average Bonchev–Trinajstić information content (AvgIpc) is 2.40. The molecule has 1 atom stereocenters. The zero-order valence-electron chi connectivity index (χ0n) is 10.9. The van der Waals surface area contributed by atoms with Crippen molar-refractivity contribution in [2.45, 2.75) is 13.0 Å². The Morgan fingerprint density at radius 1 is 1.29 bits per heavy atom. The van der Waals surface area contributed by atoms with Gasteiger partial charge >= 0.3 is 5.69 Å². The van der Waals surface area contributed by atoms with Crippen molar-refractivity contribution in [3.8, 4) is 11.5 Å². The molecule has 2 aromatic rings. The summed E-state index contributed by atoms with van der Waals surface area (Å²) in [5.74, 6) is -2.38. The molecular weight excluding hydrogens is 284 g/mol. The average molecular weight is 295 g/mol. The van der Waals surface area contributed by atoms with E-state index in [1.54, 1.807) is 0 Å². The van der Waals surface area contributed by atoms with Crippen molar-refractivity contribution < 1.29 is 23.5 Å². The highest BCUT2D eigenvalue weighted by molar-refractivity contribution is 5.50. The van der Waals surface area contributed by atoms with Gasteiger partial charge in [0.25, 0.3) is 0 Å². The molecule has 7 heteroatoms. The number of para-hydroxylation sites is 1. The van der Waals surface area contributed by atoms with Crippen molar-refractivity contribution in [2.75, 3.05) is 0 Å². The van der Waals surface area contributed by atoms with E-state index in [1.165, 1.54) is 19.1 Å². The molecule has 0 aliphatic heterocycles. The molecule has 0 aliphatic carbocycles. The Labute approximate surface area is 118 Å². The second-order valence-electron chi connectivity index (χ2n) is 4.31. The maximum atomic E-state index is 13.8. The molecule has 0 bridgehead atoms. The van der Waals surface area contributed by atoms with E-state index in [0.29, 0.717) is 0 Å². The Hall–Kier alpha value is -2.54. The molecule has 0 radical (unpaired) electrons. The lowest BCUT2D eigenvalue weighted by molar-refractivity contribution is -0.385. The third-order valence-corrected chi connectivity index (χ3v) is 2.78. The topological polar surface area (TPSA) is 72.6 Å². The zero-order chi connectivity index (χ0) is 15.6. The highest BCUT2D eigenvalue weighted by Crippen LogP contribution is 2.36. The van der Waals surface area contributed by atoms with Gasteiger partial charge in [-0.05, 0) is 19.1 Å². The first kappa shape index (κ1) is 14.9. The van der Waals surface area contributed by atoms with Crippen LogP contribution >= 0.6 is 0 Å². The normalized spacial score (nSPS) is 12.0. The van der Waals surface area contributed by atoms with E-state index in [4.69, 9.17) is 4.74 Å². The van der Waals surface area contributed by atoms with Crippen LogP contribution in [-0.4, -0.2) is 10.0 Å². The van der Waals surface area contributed by atoms with E-state index in [-0.39, 0.29) is 11.3 Å². The summed E-state index contributed by atoms with van der Waals surface area (Å²) in [6, 6.07) is 6.47. The fourth-order valence-corrected chi connectivity index (χ4v) is 1.79. The van der Waals surface area contributed by atoms with Crippen LogP contribution in [0.15, 0.2) is 36.4 Å². The minimum Gasteiger partial charge on any atom is -0.447 e. The smallest absolute Gasteiger partial charge is 0.311 e. The largest absolute Gasteiger partial charge is 0.447 e. The molecule has 2 aromatic carbocycles. The predicted molar refractivity (Wildman–Crippen MR) is 70.2 cm³/mol. The first-order valence-electron chi connectivity index (χ1n) is 5.98. The number of benzene rings is 2. The Kier molecular flexibility index (Phi) is 4.13. The molecule has 5 nitrogen and oxygen atoms in total. The molecule has 0 aromatic heterocycles. The Bertz CT molecular complexity index is 689. The molecule has 0 spiro atoms. The SMILES string of the molecule is C[C@@H](O)c1cccc(F)c1Oc1cc(F)ccc1[N+](=O)[O-]. The molecule has 110 valence electrons. The van der Waals surface area contributed by atoms with E-state index in [1.807, 2.05) is 0 Å². The molecule has 0 amide bonds. The summed E-state index contributed by atoms with van der Waals surface area (Å²) in [5, 5.41) is 20.5. The highest BCUT2D eigenvalue weighted by atomic mass is 19.1. The second-order valence-corrected chi connectivity index (χ2v) is 4.31. The Morgan fingerprint density at radius 2 is 2.00 bits per heavy atom. The Balaban J connectivity index is 2.53. The molecule has 0 saturated carbocycles. The monoisotopic (exact) mass is 295 g/mol. The molecule has 0 heterocycles. The number of rotatable bonds is 4. The van der Waals surface area contributed by atoms with E-state index >= 15 is 0 Å². The van der Waals surface area contributed by atoms with Crippen LogP contribution in [0.25, 0.3) is 0 Å². The maximum Gasteiger partial charge on any atom is 0.311 e. The van der Waals surface area contributed by atoms with Crippen molar-refractivity contribution in [2.24, 2.45) is 0 Å². The standard InChI is InChI=1S/C14H11F2NO4/c1-8(18)10-3-2-4-11(16)14(10)21-13-7-9(15)5-6-12(13)17(19)20/h2-8,18H,1H3/t8-/m1/s1. The zero-order valence-corrected chi connectivity index (χ0v) is 10.9. The fraction of sp³-hybridized carbons (Fsp3) is 0.143. The highest BCUT2D eigenvalue weighted by Gasteiger charge is 2.21. The predicted octanol–water partition coefficient (Wildman–Crippen LogP) is 3.72. The van der Waals surface area contributed by atoms with Gasteiger partial charge in [-0.15, -0.1) is 0 Å². The third kappa shape index (κ3) is 3.14. The number of hydrogen-bond acceptors (Lipinski definition) is 4. The first-order valence-corrected chi connectivity index (χ1v) is 5.98. The van der Waals surface area contributed by atoms with Crippen LogP contribution < -0.4 is 4.74 Å². The van der Waals surface area contributed by atoms with Crippen LogP contribution in [0, 0.1) is 21.7 Å². The van der Waals surface area contributed by atoms with Gasteiger partial charge in [-0.2, -0.15) is 0 Å². The molecule has 1 N–H and O–H groups in total. The molecule has 0 unspecified atom stereocenters. The van der Waals surface area contributed by atoms with E-state index < -0.39 is 34.1 Å². The minimum atomic E-state index is -1.05. The van der Waals surface area contributed by atoms with Gasteiger partial charge in [-0.1, -0.05) is 12.1 Å². The van der Waals surface area contributed by atoms with Crippen LogP contribution in [0.2, 0.25) is 0 Å². The summed E-state index contributed by atoms with van der Waals surface area (Å²) >= 11 is 0. The van der Waals surface area contributed by atoms with Crippen molar-refractivity contribution in [3.05, 3.63) is 63.7 Å². The van der Waals surface area contributed by atoms with Crippen molar-refractivity contribution in [1.82, 2.24) is 0 Å².